The molecule has 4 aromatic carbocycles. The molecule has 1 saturated heterocycles. The van der Waals surface area contributed by atoms with Crippen LogP contribution in [0.1, 0.15) is 58.4 Å². The van der Waals surface area contributed by atoms with Crippen molar-refractivity contribution in [3.05, 3.63) is 130 Å². The summed E-state index contributed by atoms with van der Waals surface area (Å²) in [6.07, 6.45) is -0.810. The fourth-order valence-corrected chi connectivity index (χ4v) is 5.84. The van der Waals surface area contributed by atoms with Crippen molar-refractivity contribution < 1.29 is 46.1 Å². The van der Waals surface area contributed by atoms with E-state index in [2.05, 4.69) is 10.6 Å². The molecule has 0 radical (unpaired) electrons. The predicted octanol–water partition coefficient (Wildman–Crippen LogP) is 7.10. The van der Waals surface area contributed by atoms with E-state index in [1.807, 2.05) is 48.5 Å². The highest BCUT2D eigenvalue weighted by molar-refractivity contribution is 7.99. The molecule has 0 spiro atoms. The minimum atomic E-state index is -2.35. The highest BCUT2D eigenvalue weighted by Crippen LogP contribution is 2.39. The Bertz CT molecular complexity index is 1710. The molecule has 0 unspecified atom stereocenters. The number of anilines is 1. The smallest absolute Gasteiger partial charge is 0.257 e. The third-order valence-corrected chi connectivity index (χ3v) is 8.51. The van der Waals surface area contributed by atoms with E-state index in [4.69, 9.17) is 9.47 Å². The Labute approximate surface area is 271 Å². The SMILES string of the molecule is CC(=O)Nc1ccc(SC[C@H]2C[C@@H](c3ccc(CO)cc3)O[C@@H](c3ccc(CNC(=O)c4c(F)c(F)c(F)c(F)c4F)cc3)O2)cc1. The first-order valence-corrected chi connectivity index (χ1v) is 15.4. The van der Waals surface area contributed by atoms with Gasteiger partial charge in [0.2, 0.25) is 11.7 Å². The van der Waals surface area contributed by atoms with Crippen molar-refractivity contribution in [3.63, 3.8) is 0 Å². The van der Waals surface area contributed by atoms with E-state index in [1.54, 1.807) is 36.0 Å². The molecule has 4 aromatic rings. The molecule has 1 aliphatic heterocycles. The molecule has 7 nitrogen and oxygen atoms in total. The summed E-state index contributed by atoms with van der Waals surface area (Å²) in [5.41, 5.74) is 1.91. The molecular formula is C34H29F5N2O5S. The van der Waals surface area contributed by atoms with E-state index in [9.17, 15) is 36.6 Å². The lowest BCUT2D eigenvalue weighted by atomic mass is 10.0. The summed E-state index contributed by atoms with van der Waals surface area (Å²) >= 11 is 1.58. The number of carbonyl (C=O) groups is 2. The zero-order chi connectivity index (χ0) is 33.7. The van der Waals surface area contributed by atoms with Crippen LogP contribution in [-0.4, -0.2) is 28.8 Å². The number of aliphatic hydroxyl groups excluding tert-OH is 1. The summed E-state index contributed by atoms with van der Waals surface area (Å²) < 4.78 is 81.2. The van der Waals surface area contributed by atoms with Crippen molar-refractivity contribution >= 4 is 29.3 Å². The highest BCUT2D eigenvalue weighted by Gasteiger charge is 2.33. The second-order valence-corrected chi connectivity index (χ2v) is 11.8. The molecule has 2 amide bonds. The van der Waals surface area contributed by atoms with Gasteiger partial charge in [-0.2, -0.15) is 0 Å². The Morgan fingerprint density at radius 3 is 1.96 bits per heavy atom. The van der Waals surface area contributed by atoms with Gasteiger partial charge in [-0.25, -0.2) is 22.0 Å². The first-order chi connectivity index (χ1) is 22.5. The Hall–Kier alpha value is -4.30. The van der Waals surface area contributed by atoms with Crippen LogP contribution in [0.25, 0.3) is 0 Å². The van der Waals surface area contributed by atoms with Crippen LogP contribution < -0.4 is 10.6 Å². The second-order valence-electron chi connectivity index (χ2n) is 10.7. The first-order valence-electron chi connectivity index (χ1n) is 14.4. The van der Waals surface area contributed by atoms with E-state index >= 15 is 0 Å². The molecule has 5 rings (SSSR count). The van der Waals surface area contributed by atoms with Crippen LogP contribution in [0.15, 0.2) is 77.7 Å². The molecule has 0 saturated carbocycles. The van der Waals surface area contributed by atoms with Gasteiger partial charge < -0.3 is 25.2 Å². The van der Waals surface area contributed by atoms with Crippen molar-refractivity contribution in [2.45, 2.75) is 49.9 Å². The van der Waals surface area contributed by atoms with E-state index in [0.717, 1.165) is 16.0 Å². The third-order valence-electron chi connectivity index (χ3n) is 7.37. The average molecular weight is 673 g/mol. The molecular weight excluding hydrogens is 643 g/mol. The number of hydrogen-bond donors (Lipinski definition) is 3. The normalized spacial score (nSPS) is 17.7. The first kappa shape index (κ1) is 34.0. The molecule has 0 bridgehead atoms. The molecule has 47 heavy (non-hydrogen) atoms. The van der Waals surface area contributed by atoms with Gasteiger partial charge in [-0.05, 0) is 41.0 Å². The van der Waals surface area contributed by atoms with Gasteiger partial charge >= 0.3 is 0 Å². The average Bonchev–Trinajstić information content (AvgIpc) is 3.08. The number of hydrogen-bond acceptors (Lipinski definition) is 6. The maximum absolute atomic E-state index is 14.0. The summed E-state index contributed by atoms with van der Waals surface area (Å²) in [6, 6.07) is 21.5. The Kier molecular flexibility index (Phi) is 10.9. The lowest BCUT2D eigenvalue weighted by Gasteiger charge is -2.36. The van der Waals surface area contributed by atoms with Crippen molar-refractivity contribution in [1.29, 1.82) is 0 Å². The maximum atomic E-state index is 14.0. The largest absolute Gasteiger partial charge is 0.392 e. The molecule has 0 aliphatic carbocycles. The number of thioether (sulfide) groups is 1. The van der Waals surface area contributed by atoms with Crippen LogP contribution in [0, 0.1) is 29.1 Å². The second kappa shape index (κ2) is 15.1. The number of aliphatic hydroxyl groups is 1. The van der Waals surface area contributed by atoms with Crippen LogP contribution in [-0.2, 0) is 27.4 Å². The number of halogens is 5. The molecule has 13 heteroatoms. The predicted molar refractivity (Wildman–Crippen MR) is 164 cm³/mol. The molecule has 3 atom stereocenters. The Morgan fingerprint density at radius 1 is 0.787 bits per heavy atom. The summed E-state index contributed by atoms with van der Waals surface area (Å²) in [5.74, 6) is -12.2. The Morgan fingerprint density at radius 2 is 1.36 bits per heavy atom. The molecule has 246 valence electrons. The molecule has 0 aromatic heterocycles. The standard InChI is InChI=1S/C34H29F5N2O5S/c1-18(43)41-23-10-12-25(13-11-23)47-17-24-14-26(21-6-4-20(16-42)5-7-21)46-34(45-24)22-8-2-19(3-9-22)15-40-33(44)27-28(35)30(37)32(39)31(38)29(27)36/h2-13,24,26,34,42H,14-17H2,1H3,(H,40,44)(H,41,43)/t24-,26+,34+/m1/s1. The summed E-state index contributed by atoms with van der Waals surface area (Å²) in [5, 5.41) is 14.4. The van der Waals surface area contributed by atoms with Crippen LogP contribution in [0.5, 0.6) is 0 Å². The zero-order valence-electron chi connectivity index (χ0n) is 24.9. The van der Waals surface area contributed by atoms with Gasteiger partial charge in [-0.15, -0.1) is 11.8 Å². The quantitative estimate of drug-likeness (QED) is 0.0720. The summed E-state index contributed by atoms with van der Waals surface area (Å²) in [7, 11) is 0. The number of rotatable bonds is 10. The van der Waals surface area contributed by atoms with Crippen LogP contribution in [0.2, 0.25) is 0 Å². The van der Waals surface area contributed by atoms with Crippen LogP contribution in [0.4, 0.5) is 27.6 Å². The van der Waals surface area contributed by atoms with Crippen molar-refractivity contribution in [2.24, 2.45) is 0 Å². The van der Waals surface area contributed by atoms with Crippen molar-refractivity contribution in [2.75, 3.05) is 11.1 Å². The van der Waals surface area contributed by atoms with Gasteiger partial charge in [-0.1, -0.05) is 48.5 Å². The summed E-state index contributed by atoms with van der Waals surface area (Å²) in [6.45, 7) is 1.09. The highest BCUT2D eigenvalue weighted by atomic mass is 32.2. The molecule has 3 N–H and O–H groups in total. The van der Waals surface area contributed by atoms with Gasteiger partial charge in [0.05, 0.1) is 18.8 Å². The van der Waals surface area contributed by atoms with Gasteiger partial charge in [0.1, 0.15) is 5.56 Å². The van der Waals surface area contributed by atoms with E-state index in [-0.39, 0.29) is 31.3 Å². The topological polar surface area (TPSA) is 96.9 Å². The van der Waals surface area contributed by atoms with Gasteiger partial charge in [0, 0.05) is 41.8 Å². The number of amides is 2. The van der Waals surface area contributed by atoms with Crippen LogP contribution >= 0.6 is 11.8 Å². The molecule has 1 fully saturated rings. The fraction of sp³-hybridized carbons (Fsp3) is 0.235. The number of benzene rings is 4. The number of carbonyl (C=O) groups excluding carboxylic acids is 2. The third kappa shape index (κ3) is 8.17. The molecule has 1 heterocycles. The van der Waals surface area contributed by atoms with Gasteiger partial charge in [0.15, 0.2) is 29.6 Å². The number of ether oxygens (including phenoxy) is 2. The maximum Gasteiger partial charge on any atom is 0.257 e. The zero-order valence-corrected chi connectivity index (χ0v) is 25.7. The fourth-order valence-electron chi connectivity index (χ4n) is 4.92. The lowest BCUT2D eigenvalue weighted by molar-refractivity contribution is -0.245. The van der Waals surface area contributed by atoms with Crippen LogP contribution in [0.3, 0.4) is 0 Å². The van der Waals surface area contributed by atoms with E-state index in [1.165, 1.54) is 6.92 Å². The Balaban J connectivity index is 1.28. The lowest BCUT2D eigenvalue weighted by Crippen LogP contribution is -2.31. The minimum Gasteiger partial charge on any atom is -0.392 e. The van der Waals surface area contributed by atoms with Crippen molar-refractivity contribution in [3.8, 4) is 0 Å². The van der Waals surface area contributed by atoms with Gasteiger partial charge in [0.25, 0.3) is 5.91 Å². The van der Waals surface area contributed by atoms with E-state index < -0.39 is 46.8 Å². The minimum absolute atomic E-state index is 0.0914. The van der Waals surface area contributed by atoms with Crippen molar-refractivity contribution in [1.82, 2.24) is 5.32 Å². The van der Waals surface area contributed by atoms with Gasteiger partial charge in [-0.3, -0.25) is 9.59 Å². The summed E-state index contributed by atoms with van der Waals surface area (Å²) in [4.78, 5) is 24.6. The monoisotopic (exact) mass is 672 g/mol. The van der Waals surface area contributed by atoms with E-state index in [0.29, 0.717) is 29.0 Å². The number of nitrogens with one attached hydrogen (secondary N) is 2. The molecule has 1 aliphatic rings.